The number of amides is 1. The molecule has 0 aliphatic heterocycles. The van der Waals surface area contributed by atoms with Crippen LogP contribution in [-0.2, 0) is 35.9 Å². The fourth-order valence-corrected chi connectivity index (χ4v) is 7.28. The molecule has 6 rings (SSSR count). The lowest BCUT2D eigenvalue weighted by Crippen LogP contribution is -2.48. The summed E-state index contributed by atoms with van der Waals surface area (Å²) in [5, 5.41) is 14.6. The molecule has 0 bridgehead atoms. The highest BCUT2D eigenvalue weighted by Crippen LogP contribution is 2.40. The maximum absolute atomic E-state index is 13.7. The number of ether oxygens (including phenoxy) is 2. The number of hydrogen-bond acceptors (Lipinski definition) is 8. The Balaban J connectivity index is 1.32. The Hall–Kier alpha value is -6.42. The smallest absolute Gasteiger partial charge is 0.332 e. The number of aromatic nitrogens is 4. The van der Waals surface area contributed by atoms with Crippen molar-refractivity contribution in [2.45, 2.75) is 78.9 Å². The first-order chi connectivity index (χ1) is 28.4. The number of benzene rings is 5. The number of esters is 2. The lowest BCUT2D eigenvalue weighted by molar-refractivity contribution is -0.178. The van der Waals surface area contributed by atoms with Crippen LogP contribution in [0.2, 0.25) is 0 Å². The summed E-state index contributed by atoms with van der Waals surface area (Å²) in [5.41, 5.74) is 4.80. The van der Waals surface area contributed by atoms with Gasteiger partial charge in [-0.3, -0.25) is 9.59 Å². The molecule has 1 aromatic heterocycles. The monoisotopic (exact) mass is 791 g/mol. The fraction of sp³-hybridized carbons (Fsp3) is 0.306. The van der Waals surface area contributed by atoms with Crippen molar-refractivity contribution in [2.75, 3.05) is 6.79 Å². The number of unbranched alkanes of at least 4 members (excludes halogenated alkanes) is 1. The summed E-state index contributed by atoms with van der Waals surface area (Å²) in [6, 6.07) is 45.7. The van der Waals surface area contributed by atoms with Crippen LogP contribution in [0.1, 0.15) is 83.1 Å². The summed E-state index contributed by atoms with van der Waals surface area (Å²) in [4.78, 5) is 42.8. The molecule has 0 N–H and O–H groups in total. The first-order valence-electron chi connectivity index (χ1n) is 20.2. The molecule has 1 amide bonds. The molecule has 59 heavy (non-hydrogen) atoms. The standard InChI is InChI=1S/C49H53N5O5/c1-7-8-28-43(55)53(44(35(2)3)46(56)58-34-59-47(57)48(4,5)6)33-36-29-31-37(32-30-36)41-26-18-19-27-42(41)45-50-52-54(51-45)49(38-20-12-9-13-21-38,39-22-14-10-15-23-39)40-24-16-11-17-25-40/h9-27,29-32,35,44H,7-8,28,33-34H2,1-6H3. The number of tetrazole rings is 1. The molecule has 0 radical (unpaired) electrons. The second-order valence-electron chi connectivity index (χ2n) is 16.0. The maximum atomic E-state index is 13.7. The van der Waals surface area contributed by atoms with Gasteiger partial charge in [-0.15, -0.1) is 15.0 Å². The van der Waals surface area contributed by atoms with Gasteiger partial charge in [-0.2, -0.15) is 0 Å². The van der Waals surface area contributed by atoms with Crippen molar-refractivity contribution in [3.8, 4) is 22.5 Å². The summed E-state index contributed by atoms with van der Waals surface area (Å²) in [7, 11) is 0. The Morgan fingerprint density at radius 3 is 1.73 bits per heavy atom. The van der Waals surface area contributed by atoms with E-state index in [-0.39, 0.29) is 18.4 Å². The van der Waals surface area contributed by atoms with Gasteiger partial charge in [0, 0.05) is 18.5 Å². The highest BCUT2D eigenvalue weighted by atomic mass is 16.7. The summed E-state index contributed by atoms with van der Waals surface area (Å²) in [6.07, 6.45) is 1.82. The van der Waals surface area contributed by atoms with E-state index in [1.165, 1.54) is 0 Å². The number of hydrogen-bond donors (Lipinski definition) is 0. The molecule has 0 saturated heterocycles. The molecule has 10 nitrogen and oxygen atoms in total. The van der Waals surface area contributed by atoms with E-state index in [0.717, 1.165) is 45.4 Å². The van der Waals surface area contributed by atoms with Crippen LogP contribution in [0.15, 0.2) is 140 Å². The Labute approximate surface area is 347 Å². The summed E-state index contributed by atoms with van der Waals surface area (Å²) in [6.45, 7) is 10.6. The van der Waals surface area contributed by atoms with E-state index in [0.29, 0.717) is 18.7 Å². The molecule has 1 unspecified atom stereocenters. The summed E-state index contributed by atoms with van der Waals surface area (Å²) >= 11 is 0. The van der Waals surface area contributed by atoms with Gasteiger partial charge in [-0.1, -0.05) is 167 Å². The Bertz CT molecular complexity index is 2210. The highest BCUT2D eigenvalue weighted by Gasteiger charge is 2.41. The van der Waals surface area contributed by atoms with Crippen LogP contribution in [0.4, 0.5) is 0 Å². The van der Waals surface area contributed by atoms with Crippen molar-refractivity contribution < 1.29 is 23.9 Å². The first-order valence-corrected chi connectivity index (χ1v) is 20.2. The maximum Gasteiger partial charge on any atom is 0.332 e. The van der Waals surface area contributed by atoms with Gasteiger partial charge in [-0.05, 0) is 71.7 Å². The second kappa shape index (κ2) is 18.9. The average Bonchev–Trinajstić information content (AvgIpc) is 3.74. The molecule has 5 aromatic carbocycles. The van der Waals surface area contributed by atoms with Gasteiger partial charge in [0.15, 0.2) is 5.54 Å². The first kappa shape index (κ1) is 42.2. The van der Waals surface area contributed by atoms with E-state index in [2.05, 4.69) is 36.4 Å². The van der Waals surface area contributed by atoms with E-state index in [9.17, 15) is 14.4 Å². The van der Waals surface area contributed by atoms with Gasteiger partial charge in [0.25, 0.3) is 0 Å². The number of carbonyl (C=O) groups is 3. The van der Waals surface area contributed by atoms with Crippen LogP contribution in [0.5, 0.6) is 0 Å². The minimum atomic E-state index is -0.913. The molecule has 304 valence electrons. The average molecular weight is 792 g/mol. The van der Waals surface area contributed by atoms with Crippen LogP contribution in [0.3, 0.4) is 0 Å². The summed E-state index contributed by atoms with van der Waals surface area (Å²) in [5.74, 6) is -1.04. The third kappa shape index (κ3) is 9.49. The van der Waals surface area contributed by atoms with Crippen molar-refractivity contribution in [3.63, 3.8) is 0 Å². The van der Waals surface area contributed by atoms with Crippen molar-refractivity contribution >= 4 is 17.8 Å². The molecule has 0 fully saturated rings. The van der Waals surface area contributed by atoms with Gasteiger partial charge in [0.2, 0.25) is 18.5 Å². The van der Waals surface area contributed by atoms with Crippen molar-refractivity contribution in [1.29, 1.82) is 0 Å². The normalized spacial score (nSPS) is 12.2. The minimum Gasteiger partial charge on any atom is -0.427 e. The predicted octanol–water partition coefficient (Wildman–Crippen LogP) is 9.48. The van der Waals surface area contributed by atoms with E-state index >= 15 is 0 Å². The fourth-order valence-electron chi connectivity index (χ4n) is 7.28. The lowest BCUT2D eigenvalue weighted by Gasteiger charge is -2.34. The zero-order valence-corrected chi connectivity index (χ0v) is 34.7. The van der Waals surface area contributed by atoms with Crippen LogP contribution in [0, 0.1) is 11.3 Å². The molecule has 0 aliphatic rings. The number of rotatable bonds is 16. The van der Waals surface area contributed by atoms with Crippen molar-refractivity contribution in [3.05, 3.63) is 162 Å². The topological polar surface area (TPSA) is 117 Å². The molecule has 0 aliphatic carbocycles. The third-order valence-electron chi connectivity index (χ3n) is 10.4. The second-order valence-corrected chi connectivity index (χ2v) is 16.0. The van der Waals surface area contributed by atoms with E-state index in [1.807, 2.05) is 124 Å². The van der Waals surface area contributed by atoms with Gasteiger partial charge in [0.05, 0.1) is 5.41 Å². The molecule has 10 heteroatoms. The zero-order chi connectivity index (χ0) is 42.0. The van der Waals surface area contributed by atoms with E-state index in [1.54, 1.807) is 30.5 Å². The SMILES string of the molecule is CCCCC(=O)N(Cc1ccc(-c2ccccc2-c2nnn(C(c3ccccc3)(c3ccccc3)c3ccccc3)n2)cc1)C(C(=O)OCOC(=O)C(C)(C)C)C(C)C. The van der Waals surface area contributed by atoms with Crippen LogP contribution in [0.25, 0.3) is 22.5 Å². The molecule has 6 aromatic rings. The van der Waals surface area contributed by atoms with Gasteiger partial charge in [0.1, 0.15) is 6.04 Å². The van der Waals surface area contributed by atoms with Crippen LogP contribution < -0.4 is 0 Å². The minimum absolute atomic E-state index is 0.143. The van der Waals surface area contributed by atoms with Gasteiger partial charge < -0.3 is 14.4 Å². The van der Waals surface area contributed by atoms with Gasteiger partial charge in [-0.25, -0.2) is 4.79 Å². The van der Waals surface area contributed by atoms with E-state index < -0.39 is 35.7 Å². The van der Waals surface area contributed by atoms with Gasteiger partial charge >= 0.3 is 11.9 Å². The van der Waals surface area contributed by atoms with Crippen LogP contribution in [-0.4, -0.2) is 55.8 Å². The largest absolute Gasteiger partial charge is 0.427 e. The lowest BCUT2D eigenvalue weighted by atomic mass is 9.77. The molecule has 1 atom stereocenters. The quantitative estimate of drug-likeness (QED) is 0.0541. The summed E-state index contributed by atoms with van der Waals surface area (Å²) < 4.78 is 10.6. The van der Waals surface area contributed by atoms with E-state index in [4.69, 9.17) is 24.9 Å². The number of nitrogens with zero attached hydrogens (tertiary/aromatic N) is 5. The molecule has 0 saturated carbocycles. The third-order valence-corrected chi connectivity index (χ3v) is 10.4. The number of carbonyl (C=O) groups excluding carboxylic acids is 3. The highest BCUT2D eigenvalue weighted by molar-refractivity contribution is 5.85. The van der Waals surface area contributed by atoms with Crippen molar-refractivity contribution in [1.82, 2.24) is 25.1 Å². The Morgan fingerprint density at radius 2 is 1.22 bits per heavy atom. The zero-order valence-electron chi connectivity index (χ0n) is 34.7. The molecular weight excluding hydrogens is 739 g/mol. The Kier molecular flexibility index (Phi) is 13.5. The molecule has 1 heterocycles. The predicted molar refractivity (Wildman–Crippen MR) is 229 cm³/mol. The molecular formula is C49H53N5O5. The van der Waals surface area contributed by atoms with Crippen LogP contribution >= 0.6 is 0 Å². The Morgan fingerprint density at radius 1 is 0.695 bits per heavy atom. The molecule has 0 spiro atoms. The van der Waals surface area contributed by atoms with Crippen molar-refractivity contribution in [2.24, 2.45) is 11.3 Å².